The van der Waals surface area contributed by atoms with Gasteiger partial charge in [0.2, 0.25) is 0 Å². The summed E-state index contributed by atoms with van der Waals surface area (Å²) in [5.74, 6) is 0.708. The number of nitrogens with zero attached hydrogens (tertiary/aromatic N) is 3. The second-order valence-electron chi connectivity index (χ2n) is 17.5. The summed E-state index contributed by atoms with van der Waals surface area (Å²) in [6.45, 7) is 2.38. The van der Waals surface area contributed by atoms with Gasteiger partial charge in [-0.15, -0.1) is 11.3 Å². The summed E-state index contributed by atoms with van der Waals surface area (Å²) >= 11 is 1.86. The molecule has 0 saturated heterocycles. The number of hydrogen-bond donors (Lipinski definition) is 0. The van der Waals surface area contributed by atoms with E-state index in [0.29, 0.717) is 5.84 Å². The molecule has 64 heavy (non-hydrogen) atoms. The normalized spacial score (nSPS) is 16.3. The summed E-state index contributed by atoms with van der Waals surface area (Å²) in [4.78, 5) is 11.5. The third kappa shape index (κ3) is 5.22. The molecule has 12 aromatic rings. The molecule has 300 valence electrons. The molecule has 1 fully saturated rings. The number of furan rings is 1. The lowest BCUT2D eigenvalue weighted by atomic mass is 9.92. The van der Waals surface area contributed by atoms with Gasteiger partial charge in [-0.05, 0) is 77.2 Å². The molecule has 0 amide bonds. The van der Waals surface area contributed by atoms with Gasteiger partial charge in [-0.2, -0.15) is 0 Å². The van der Waals surface area contributed by atoms with E-state index in [1.807, 2.05) is 17.4 Å². The number of rotatable bonds is 5. The maximum absolute atomic E-state index is 6.70. The van der Waals surface area contributed by atoms with Crippen LogP contribution in [0.15, 0.2) is 214 Å². The number of para-hydroxylation sites is 2. The molecule has 0 N–H and O–H groups in total. The Morgan fingerprint density at radius 1 is 0.500 bits per heavy atom. The van der Waals surface area contributed by atoms with Crippen LogP contribution in [-0.2, 0) is 0 Å². The van der Waals surface area contributed by atoms with Crippen molar-refractivity contribution in [1.82, 2.24) is 4.57 Å². The Balaban J connectivity index is 1.07. The van der Waals surface area contributed by atoms with E-state index < -0.39 is 0 Å². The van der Waals surface area contributed by atoms with Gasteiger partial charge in [0.05, 0.1) is 28.1 Å². The highest BCUT2D eigenvalue weighted by Gasteiger charge is 2.53. The zero-order chi connectivity index (χ0) is 42.1. The first kappa shape index (κ1) is 35.7. The Hall–Kier alpha value is -7.86. The monoisotopic (exact) mass is 835 g/mol. The van der Waals surface area contributed by atoms with E-state index in [1.165, 1.54) is 58.4 Å². The fourth-order valence-electron chi connectivity index (χ4n) is 10.4. The van der Waals surface area contributed by atoms with Crippen molar-refractivity contribution in [2.45, 2.75) is 13.3 Å². The summed E-state index contributed by atoms with van der Waals surface area (Å²) < 4.78 is 11.7. The number of thiophene rings is 1. The van der Waals surface area contributed by atoms with Crippen LogP contribution >= 0.6 is 11.3 Å². The van der Waals surface area contributed by atoms with E-state index in [1.54, 1.807) is 0 Å². The van der Waals surface area contributed by atoms with Crippen molar-refractivity contribution in [3.05, 3.63) is 216 Å². The lowest BCUT2D eigenvalue weighted by Gasteiger charge is -2.16. The Morgan fingerprint density at radius 3 is 2.05 bits per heavy atom. The minimum Gasteiger partial charge on any atom is -0.456 e. The summed E-state index contributed by atoms with van der Waals surface area (Å²) in [5, 5.41) is 9.55. The van der Waals surface area contributed by atoms with Crippen molar-refractivity contribution in [1.29, 1.82) is 0 Å². The van der Waals surface area contributed by atoms with Gasteiger partial charge in [0.15, 0.2) is 5.84 Å². The summed E-state index contributed by atoms with van der Waals surface area (Å²) in [5.41, 5.74) is 13.6. The predicted molar refractivity (Wildman–Crippen MR) is 269 cm³/mol. The highest BCUT2D eigenvalue weighted by Crippen LogP contribution is 2.60. The predicted octanol–water partition coefficient (Wildman–Crippen LogP) is 15.9. The molecule has 1 unspecified atom stereocenters. The minimum atomic E-state index is -0.350. The number of hydrogen-bond acceptors (Lipinski definition) is 4. The fraction of sp³-hybridized carbons (Fsp3) is 0.0508. The summed E-state index contributed by atoms with van der Waals surface area (Å²) in [7, 11) is 0. The molecule has 0 radical (unpaired) electrons. The molecule has 0 bridgehead atoms. The van der Waals surface area contributed by atoms with Crippen LogP contribution in [0.2, 0.25) is 0 Å². The van der Waals surface area contributed by atoms with Crippen molar-refractivity contribution in [3.8, 4) is 16.8 Å². The van der Waals surface area contributed by atoms with Crippen molar-refractivity contribution in [2.24, 2.45) is 15.4 Å². The van der Waals surface area contributed by atoms with Crippen LogP contribution in [-0.4, -0.2) is 16.1 Å². The topological polar surface area (TPSA) is 42.8 Å². The SMILES string of the molecule is CC12CC1=C(c1cc3c(cc1-n1c4ccccc4c4cc5ccccc5cc41)oc1ccccc13)N=C(c1ccc(-c3ccccc3)cc1)N=C2c1cccc2c1sc1ccccc12. The molecule has 5 heteroatoms. The van der Waals surface area contributed by atoms with E-state index in [9.17, 15) is 0 Å². The molecular weight excluding hydrogens is 799 g/mol. The summed E-state index contributed by atoms with van der Waals surface area (Å²) in [6, 6.07) is 69.9. The van der Waals surface area contributed by atoms with Gasteiger partial charge in [0, 0.05) is 69.9 Å². The fourth-order valence-corrected chi connectivity index (χ4v) is 11.7. The van der Waals surface area contributed by atoms with E-state index >= 15 is 0 Å². The van der Waals surface area contributed by atoms with Crippen LogP contribution < -0.4 is 0 Å². The number of fused-ring (bicyclic) bond motifs is 11. The molecule has 1 atom stereocenters. The molecule has 0 spiro atoms. The Labute approximate surface area is 372 Å². The molecule has 4 nitrogen and oxygen atoms in total. The number of amidine groups is 1. The molecule has 14 rings (SSSR count). The first-order valence-corrected chi connectivity index (χ1v) is 22.8. The first-order chi connectivity index (χ1) is 31.6. The third-order valence-electron chi connectivity index (χ3n) is 13.8. The molecule has 3 aromatic heterocycles. The largest absolute Gasteiger partial charge is 0.456 e. The van der Waals surface area contributed by atoms with Crippen molar-refractivity contribution in [3.63, 3.8) is 0 Å². The van der Waals surface area contributed by atoms with Crippen LogP contribution in [0.3, 0.4) is 0 Å². The van der Waals surface area contributed by atoms with E-state index in [2.05, 4.69) is 200 Å². The van der Waals surface area contributed by atoms with Crippen LogP contribution in [0.25, 0.3) is 97.2 Å². The lowest BCUT2D eigenvalue weighted by molar-refractivity contribution is 0.668. The Bertz CT molecular complexity index is 4050. The number of aromatic nitrogens is 1. The molecule has 9 aromatic carbocycles. The van der Waals surface area contributed by atoms with Crippen molar-refractivity contribution < 1.29 is 4.42 Å². The van der Waals surface area contributed by atoms with E-state index in [4.69, 9.17) is 14.4 Å². The molecule has 1 saturated carbocycles. The van der Waals surface area contributed by atoms with Crippen LogP contribution in [0.4, 0.5) is 0 Å². The lowest BCUT2D eigenvalue weighted by Crippen LogP contribution is -2.16. The highest BCUT2D eigenvalue weighted by atomic mass is 32.1. The quantitative estimate of drug-likeness (QED) is 0.170. The highest BCUT2D eigenvalue weighted by molar-refractivity contribution is 7.26. The van der Waals surface area contributed by atoms with E-state index in [0.717, 1.165) is 73.2 Å². The van der Waals surface area contributed by atoms with Gasteiger partial charge >= 0.3 is 0 Å². The second-order valence-corrected chi connectivity index (χ2v) is 18.5. The van der Waals surface area contributed by atoms with Gasteiger partial charge in [0.25, 0.3) is 0 Å². The van der Waals surface area contributed by atoms with Crippen LogP contribution in [0.5, 0.6) is 0 Å². The zero-order valence-electron chi connectivity index (χ0n) is 34.8. The second kappa shape index (κ2) is 13.3. The average molecular weight is 836 g/mol. The third-order valence-corrected chi connectivity index (χ3v) is 15.0. The number of allylic oxidation sites excluding steroid dienone is 1. The molecular formula is C59H37N3OS. The first-order valence-electron chi connectivity index (χ1n) is 21.9. The van der Waals surface area contributed by atoms with Crippen molar-refractivity contribution in [2.75, 3.05) is 0 Å². The smallest absolute Gasteiger partial charge is 0.160 e. The van der Waals surface area contributed by atoms with Gasteiger partial charge < -0.3 is 8.98 Å². The molecule has 1 aliphatic carbocycles. The zero-order valence-corrected chi connectivity index (χ0v) is 35.7. The van der Waals surface area contributed by atoms with Gasteiger partial charge in [-0.25, -0.2) is 9.98 Å². The van der Waals surface area contributed by atoms with Gasteiger partial charge in [-0.3, -0.25) is 0 Å². The van der Waals surface area contributed by atoms with Gasteiger partial charge in [-0.1, -0.05) is 152 Å². The molecule has 4 heterocycles. The number of aliphatic imine (C=N–C) groups is 2. The molecule has 1 aliphatic heterocycles. The standard InChI is InChI=1S/C59H37N3OS/c1-59-34-48(59)55(60-58(37-28-26-36(27-29-37)35-14-3-2-4-15-35)61-57(59)44-22-13-21-43-42-20-9-12-25-54(42)64-56(43)44)47-32-46-41-19-8-11-24-52(41)63-53(46)33-51(47)62-49-23-10-7-18-40(49)45-30-38-16-5-6-17-39(38)31-50(45)62/h2-33H,34H2,1H3. The van der Waals surface area contributed by atoms with Crippen LogP contribution in [0, 0.1) is 5.41 Å². The van der Waals surface area contributed by atoms with Crippen LogP contribution in [0.1, 0.15) is 30.0 Å². The van der Waals surface area contributed by atoms with Gasteiger partial charge in [0.1, 0.15) is 11.2 Å². The summed E-state index contributed by atoms with van der Waals surface area (Å²) in [6.07, 6.45) is 0.855. The minimum absolute atomic E-state index is 0.350. The van der Waals surface area contributed by atoms with Crippen molar-refractivity contribution >= 4 is 103 Å². The van der Waals surface area contributed by atoms with E-state index in [-0.39, 0.29) is 5.41 Å². The molecule has 2 aliphatic rings. The Kier molecular flexibility index (Phi) is 7.43. The maximum atomic E-state index is 6.70. The average Bonchev–Trinajstić information content (AvgIpc) is 3.58. The number of benzene rings is 9. The maximum Gasteiger partial charge on any atom is 0.160 e. The Morgan fingerprint density at radius 2 is 1.19 bits per heavy atom.